The molecule has 0 amide bonds. The average Bonchev–Trinajstić information content (AvgIpc) is 3.55. The van der Waals surface area contributed by atoms with Crippen LogP contribution in [-0.4, -0.2) is 0 Å². The maximum atomic E-state index is 2.35. The van der Waals surface area contributed by atoms with Gasteiger partial charge in [0, 0.05) is 32.0 Å². The molecular formula is C42H29NS. The Kier molecular flexibility index (Phi) is 6.75. The summed E-state index contributed by atoms with van der Waals surface area (Å²) in [7, 11) is 0. The van der Waals surface area contributed by atoms with Gasteiger partial charge in [-0.15, -0.1) is 11.3 Å². The normalized spacial score (nSPS) is 11.2. The highest BCUT2D eigenvalue weighted by molar-refractivity contribution is 7.22. The fourth-order valence-electron chi connectivity index (χ4n) is 6.02. The van der Waals surface area contributed by atoms with Gasteiger partial charge in [0.1, 0.15) is 0 Å². The molecule has 0 radical (unpaired) electrons. The van der Waals surface area contributed by atoms with Gasteiger partial charge in [-0.05, 0) is 87.1 Å². The predicted octanol–water partition coefficient (Wildman–Crippen LogP) is 12.5. The minimum Gasteiger partial charge on any atom is -0.311 e. The van der Waals surface area contributed by atoms with Crippen LogP contribution in [0.25, 0.3) is 53.6 Å². The van der Waals surface area contributed by atoms with E-state index in [1.54, 1.807) is 0 Å². The number of rotatable bonds is 6. The van der Waals surface area contributed by atoms with Crippen molar-refractivity contribution >= 4 is 49.3 Å². The maximum Gasteiger partial charge on any atom is 0.0462 e. The summed E-state index contributed by atoms with van der Waals surface area (Å²) >= 11 is 1.86. The molecule has 208 valence electrons. The first kappa shape index (κ1) is 26.2. The molecule has 0 spiro atoms. The number of benzene rings is 7. The van der Waals surface area contributed by atoms with E-state index in [4.69, 9.17) is 0 Å². The molecule has 0 bridgehead atoms. The molecule has 0 unspecified atom stereocenters. The third kappa shape index (κ3) is 4.96. The second-order valence-corrected chi connectivity index (χ2v) is 12.1. The second-order valence-electron chi connectivity index (χ2n) is 11.0. The van der Waals surface area contributed by atoms with E-state index in [0.29, 0.717) is 0 Å². The lowest BCUT2D eigenvalue weighted by molar-refractivity contribution is 1.28. The van der Waals surface area contributed by atoms with E-state index in [-0.39, 0.29) is 0 Å². The van der Waals surface area contributed by atoms with E-state index in [1.165, 1.54) is 53.6 Å². The van der Waals surface area contributed by atoms with Crippen LogP contribution in [0.4, 0.5) is 17.1 Å². The van der Waals surface area contributed by atoms with Crippen LogP contribution in [0.1, 0.15) is 0 Å². The molecule has 0 N–H and O–H groups in total. The summed E-state index contributed by atoms with van der Waals surface area (Å²) < 4.78 is 1.32. The zero-order chi connectivity index (χ0) is 29.3. The molecule has 0 saturated carbocycles. The Hall–Kier alpha value is -5.44. The summed E-state index contributed by atoms with van der Waals surface area (Å²) in [5.41, 5.74) is 9.47. The Morgan fingerprint density at radius 2 is 0.795 bits per heavy atom. The summed E-state index contributed by atoms with van der Waals surface area (Å²) in [6.45, 7) is 0. The van der Waals surface area contributed by atoms with E-state index in [0.717, 1.165) is 17.1 Å². The van der Waals surface area contributed by atoms with Gasteiger partial charge >= 0.3 is 0 Å². The minimum atomic E-state index is 1.12. The SMILES string of the molecule is c1ccc(-c2ccc(N(c3ccc(-c4ccccc4)cc3)c3ccc(-c4cc5c(ccc6ccccc65)s4)cc3)cc2)cc1. The van der Waals surface area contributed by atoms with Gasteiger partial charge in [-0.25, -0.2) is 0 Å². The molecule has 0 fully saturated rings. The summed E-state index contributed by atoms with van der Waals surface area (Å²) in [6, 6.07) is 63.3. The topological polar surface area (TPSA) is 3.24 Å². The fraction of sp³-hybridized carbons (Fsp3) is 0. The van der Waals surface area contributed by atoms with Crippen molar-refractivity contribution in [3.8, 4) is 32.7 Å². The van der Waals surface area contributed by atoms with Gasteiger partial charge in [-0.1, -0.05) is 127 Å². The monoisotopic (exact) mass is 579 g/mol. The molecule has 0 aliphatic rings. The molecule has 7 aromatic carbocycles. The van der Waals surface area contributed by atoms with Crippen LogP contribution < -0.4 is 4.90 Å². The van der Waals surface area contributed by atoms with Crippen LogP contribution in [0.2, 0.25) is 0 Å². The van der Waals surface area contributed by atoms with Crippen molar-refractivity contribution in [2.75, 3.05) is 4.90 Å². The Morgan fingerprint density at radius 1 is 0.341 bits per heavy atom. The quantitative estimate of drug-likeness (QED) is 0.189. The minimum absolute atomic E-state index is 1.12. The molecule has 1 aromatic heterocycles. The van der Waals surface area contributed by atoms with Crippen LogP contribution in [0.15, 0.2) is 176 Å². The van der Waals surface area contributed by atoms with E-state index >= 15 is 0 Å². The summed E-state index contributed by atoms with van der Waals surface area (Å²) in [5, 5.41) is 3.92. The third-order valence-corrected chi connectivity index (χ3v) is 9.45. The van der Waals surface area contributed by atoms with Gasteiger partial charge in [-0.3, -0.25) is 0 Å². The highest BCUT2D eigenvalue weighted by Crippen LogP contribution is 2.40. The average molecular weight is 580 g/mol. The lowest BCUT2D eigenvalue weighted by Crippen LogP contribution is -2.09. The Bertz CT molecular complexity index is 2100. The van der Waals surface area contributed by atoms with Gasteiger partial charge < -0.3 is 4.90 Å². The fourth-order valence-corrected chi connectivity index (χ4v) is 7.11. The Balaban J connectivity index is 1.17. The summed E-state index contributed by atoms with van der Waals surface area (Å²) in [5.74, 6) is 0. The van der Waals surface area contributed by atoms with Crippen molar-refractivity contribution < 1.29 is 0 Å². The highest BCUT2D eigenvalue weighted by Gasteiger charge is 2.14. The number of hydrogen-bond acceptors (Lipinski definition) is 2. The smallest absolute Gasteiger partial charge is 0.0462 e. The maximum absolute atomic E-state index is 2.35. The number of anilines is 3. The van der Waals surface area contributed by atoms with Gasteiger partial charge in [0.25, 0.3) is 0 Å². The zero-order valence-electron chi connectivity index (χ0n) is 24.1. The molecule has 0 saturated heterocycles. The molecule has 1 nitrogen and oxygen atoms in total. The molecule has 1 heterocycles. The van der Waals surface area contributed by atoms with Crippen LogP contribution in [0, 0.1) is 0 Å². The Morgan fingerprint density at radius 3 is 1.34 bits per heavy atom. The Labute approximate surface area is 261 Å². The predicted molar refractivity (Wildman–Crippen MR) is 190 cm³/mol. The van der Waals surface area contributed by atoms with E-state index in [2.05, 4.69) is 181 Å². The first-order chi connectivity index (χ1) is 21.8. The molecule has 0 aliphatic carbocycles. The largest absolute Gasteiger partial charge is 0.311 e. The number of hydrogen-bond donors (Lipinski definition) is 0. The lowest BCUT2D eigenvalue weighted by Gasteiger charge is -2.26. The van der Waals surface area contributed by atoms with Crippen LogP contribution >= 0.6 is 11.3 Å². The number of thiophene rings is 1. The van der Waals surface area contributed by atoms with Crippen molar-refractivity contribution in [1.82, 2.24) is 0 Å². The van der Waals surface area contributed by atoms with Crippen molar-refractivity contribution in [3.63, 3.8) is 0 Å². The van der Waals surface area contributed by atoms with Gasteiger partial charge in [0.05, 0.1) is 0 Å². The molecule has 2 heteroatoms. The molecule has 8 aromatic rings. The van der Waals surface area contributed by atoms with Crippen molar-refractivity contribution in [2.45, 2.75) is 0 Å². The standard InChI is InChI=1S/C42H29NS/c1-3-9-30(10-4-1)32-15-22-36(23-16-32)43(37-24-17-33(18-25-37)31-11-5-2-6-12-31)38-26-19-35(20-27-38)42-29-40-39-14-8-7-13-34(39)21-28-41(40)44-42/h1-29H. The van der Waals surface area contributed by atoms with Crippen LogP contribution in [0.3, 0.4) is 0 Å². The molecule has 0 aliphatic heterocycles. The third-order valence-electron chi connectivity index (χ3n) is 8.30. The van der Waals surface area contributed by atoms with Gasteiger partial charge in [-0.2, -0.15) is 0 Å². The lowest BCUT2D eigenvalue weighted by atomic mass is 10.0. The van der Waals surface area contributed by atoms with Crippen molar-refractivity contribution in [2.24, 2.45) is 0 Å². The first-order valence-corrected chi connectivity index (χ1v) is 15.7. The van der Waals surface area contributed by atoms with Gasteiger partial charge in [0.2, 0.25) is 0 Å². The van der Waals surface area contributed by atoms with E-state index < -0.39 is 0 Å². The van der Waals surface area contributed by atoms with Crippen molar-refractivity contribution in [1.29, 1.82) is 0 Å². The summed E-state index contributed by atoms with van der Waals surface area (Å²) in [6.07, 6.45) is 0. The molecule has 44 heavy (non-hydrogen) atoms. The molecular weight excluding hydrogens is 551 g/mol. The van der Waals surface area contributed by atoms with E-state index in [9.17, 15) is 0 Å². The van der Waals surface area contributed by atoms with Crippen LogP contribution in [-0.2, 0) is 0 Å². The number of nitrogens with zero attached hydrogens (tertiary/aromatic N) is 1. The van der Waals surface area contributed by atoms with Crippen molar-refractivity contribution in [3.05, 3.63) is 176 Å². The molecule has 8 rings (SSSR count). The van der Waals surface area contributed by atoms with E-state index in [1.807, 2.05) is 11.3 Å². The van der Waals surface area contributed by atoms with Gasteiger partial charge in [0.15, 0.2) is 0 Å². The summed E-state index contributed by atoms with van der Waals surface area (Å²) in [4.78, 5) is 3.63. The zero-order valence-corrected chi connectivity index (χ0v) is 24.9. The first-order valence-electron chi connectivity index (χ1n) is 14.9. The second kappa shape index (κ2) is 11.3. The molecule has 0 atom stereocenters. The number of fused-ring (bicyclic) bond motifs is 3. The highest BCUT2D eigenvalue weighted by atomic mass is 32.1. The van der Waals surface area contributed by atoms with Crippen LogP contribution in [0.5, 0.6) is 0 Å².